The van der Waals surface area contributed by atoms with Crippen LogP contribution in [0.4, 0.5) is 5.69 Å². The van der Waals surface area contributed by atoms with Crippen LogP contribution in [-0.4, -0.2) is 101 Å². The Balaban J connectivity index is 1.33. The van der Waals surface area contributed by atoms with Crippen molar-refractivity contribution >= 4 is 35.2 Å². The quantitative estimate of drug-likeness (QED) is 0.478. The molecule has 4 heterocycles. The summed E-state index contributed by atoms with van der Waals surface area (Å²) in [5.41, 5.74) is 0.699. The van der Waals surface area contributed by atoms with Gasteiger partial charge in [-0.2, -0.15) is 0 Å². The van der Waals surface area contributed by atoms with Gasteiger partial charge < -0.3 is 25.4 Å². The number of fused-ring (bicyclic) bond motifs is 1. The summed E-state index contributed by atoms with van der Waals surface area (Å²) in [6.07, 6.45) is 1.52. The highest BCUT2D eigenvalue weighted by Crippen LogP contribution is 2.66. The SMILES string of the molecule is O=C(NCCN1CCOCC1)C1N(CCO)C(=O)[C@@H]2[C@@H](C(=O)Nc3ccccc3)[C@H]3CCC12S3. The van der Waals surface area contributed by atoms with Crippen LogP contribution in [0.15, 0.2) is 30.3 Å². The summed E-state index contributed by atoms with van der Waals surface area (Å²) in [5.74, 6) is -1.58. The molecule has 1 aromatic carbocycles. The molecule has 4 saturated heterocycles. The van der Waals surface area contributed by atoms with Crippen LogP contribution in [0.3, 0.4) is 0 Å². The minimum Gasteiger partial charge on any atom is -0.395 e. The molecule has 184 valence electrons. The largest absolute Gasteiger partial charge is 0.395 e. The molecule has 34 heavy (non-hydrogen) atoms. The van der Waals surface area contributed by atoms with Crippen molar-refractivity contribution in [1.29, 1.82) is 0 Å². The zero-order valence-electron chi connectivity index (χ0n) is 19.2. The van der Waals surface area contributed by atoms with Crippen molar-refractivity contribution < 1.29 is 24.2 Å². The lowest BCUT2D eigenvalue weighted by atomic mass is 9.70. The number of morpholine rings is 1. The van der Waals surface area contributed by atoms with Crippen LogP contribution >= 0.6 is 11.8 Å². The molecule has 1 aromatic rings. The second kappa shape index (κ2) is 9.85. The summed E-state index contributed by atoms with van der Waals surface area (Å²) < 4.78 is 4.75. The second-order valence-corrected chi connectivity index (χ2v) is 11.0. The Morgan fingerprint density at radius 2 is 1.91 bits per heavy atom. The van der Waals surface area contributed by atoms with E-state index in [1.165, 1.54) is 4.90 Å². The first kappa shape index (κ1) is 23.6. The first-order valence-electron chi connectivity index (χ1n) is 12.1. The smallest absolute Gasteiger partial charge is 0.244 e. The molecular formula is C24H32N4O5S. The van der Waals surface area contributed by atoms with E-state index in [1.54, 1.807) is 11.8 Å². The van der Waals surface area contributed by atoms with Gasteiger partial charge in [0.05, 0.1) is 36.4 Å². The Bertz CT molecular complexity index is 927. The molecule has 4 aliphatic rings. The van der Waals surface area contributed by atoms with E-state index >= 15 is 0 Å². The van der Waals surface area contributed by atoms with Crippen molar-refractivity contribution in [3.05, 3.63) is 30.3 Å². The average molecular weight is 489 g/mol. The van der Waals surface area contributed by atoms with E-state index in [2.05, 4.69) is 15.5 Å². The first-order valence-corrected chi connectivity index (χ1v) is 13.0. The summed E-state index contributed by atoms with van der Waals surface area (Å²) >= 11 is 1.64. The van der Waals surface area contributed by atoms with Gasteiger partial charge in [0, 0.05) is 43.7 Å². The van der Waals surface area contributed by atoms with Crippen LogP contribution in [0.25, 0.3) is 0 Å². The van der Waals surface area contributed by atoms with Gasteiger partial charge in [0.25, 0.3) is 0 Å². The molecule has 4 aliphatic heterocycles. The van der Waals surface area contributed by atoms with Gasteiger partial charge in [0.1, 0.15) is 6.04 Å². The molecule has 1 spiro atoms. The number of anilines is 1. The van der Waals surface area contributed by atoms with Crippen molar-refractivity contribution in [2.75, 3.05) is 57.9 Å². The third kappa shape index (κ3) is 4.10. The standard InChI is InChI=1S/C24H32N4O5S/c29-13-10-28-20(22(31)25-8-9-27-11-14-33-15-12-27)24-7-6-17(34-24)18(19(24)23(28)32)21(30)26-16-4-2-1-3-5-16/h1-5,17-20,29H,6-15H2,(H,25,31)(H,26,30)/t17-,18+,19+,20?,24?/m1/s1. The zero-order valence-corrected chi connectivity index (χ0v) is 20.0. The number of aliphatic hydroxyl groups is 1. The number of hydrogen-bond acceptors (Lipinski definition) is 7. The summed E-state index contributed by atoms with van der Waals surface area (Å²) in [6.45, 7) is 4.17. The molecule has 2 unspecified atom stereocenters. The van der Waals surface area contributed by atoms with E-state index in [4.69, 9.17) is 4.74 Å². The monoisotopic (exact) mass is 488 g/mol. The number of benzene rings is 1. The Kier molecular flexibility index (Phi) is 6.83. The lowest BCUT2D eigenvalue weighted by molar-refractivity contribution is -0.139. The highest BCUT2D eigenvalue weighted by Gasteiger charge is 2.73. The van der Waals surface area contributed by atoms with Gasteiger partial charge >= 0.3 is 0 Å². The van der Waals surface area contributed by atoms with E-state index in [0.29, 0.717) is 25.4 Å². The summed E-state index contributed by atoms with van der Waals surface area (Å²) in [5, 5.41) is 15.7. The van der Waals surface area contributed by atoms with E-state index in [0.717, 1.165) is 32.5 Å². The lowest BCUT2D eigenvalue weighted by Crippen LogP contribution is -2.55. The number of likely N-dealkylation sites (tertiary alicyclic amines) is 1. The fourth-order valence-electron chi connectivity index (χ4n) is 6.11. The van der Waals surface area contributed by atoms with Crippen LogP contribution in [-0.2, 0) is 19.1 Å². The number of β-amino-alcohol motifs (C(OH)–C–C–N with tert-alkyl or cyclic N) is 1. The molecule has 5 rings (SSSR count). The van der Waals surface area contributed by atoms with Crippen LogP contribution in [0.5, 0.6) is 0 Å². The molecule has 3 amide bonds. The van der Waals surface area contributed by atoms with Crippen molar-refractivity contribution in [2.45, 2.75) is 28.9 Å². The van der Waals surface area contributed by atoms with Crippen molar-refractivity contribution in [3.8, 4) is 0 Å². The van der Waals surface area contributed by atoms with Gasteiger partial charge in [-0.3, -0.25) is 19.3 Å². The number of amides is 3. The van der Waals surface area contributed by atoms with Crippen LogP contribution in [0.1, 0.15) is 12.8 Å². The number of thioether (sulfide) groups is 1. The second-order valence-electron chi connectivity index (χ2n) is 9.41. The number of hydrogen-bond donors (Lipinski definition) is 3. The Morgan fingerprint density at radius 1 is 1.15 bits per heavy atom. The number of nitrogens with zero attached hydrogens (tertiary/aromatic N) is 2. The molecule has 3 N–H and O–H groups in total. The third-order valence-corrected chi connectivity index (χ3v) is 9.52. The number of carbonyl (C=O) groups is 3. The highest BCUT2D eigenvalue weighted by atomic mass is 32.2. The van der Waals surface area contributed by atoms with Crippen molar-refractivity contribution in [2.24, 2.45) is 11.8 Å². The Hall–Kier alpha value is -2.14. The molecule has 0 aliphatic carbocycles. The maximum atomic E-state index is 13.6. The summed E-state index contributed by atoms with van der Waals surface area (Å²) in [6, 6.07) is 8.57. The average Bonchev–Trinajstić information content (AvgIpc) is 3.48. The van der Waals surface area contributed by atoms with Gasteiger partial charge in [-0.1, -0.05) is 18.2 Å². The molecule has 4 fully saturated rings. The predicted molar refractivity (Wildman–Crippen MR) is 128 cm³/mol. The lowest BCUT2D eigenvalue weighted by Gasteiger charge is -2.34. The molecular weight excluding hydrogens is 456 g/mol. The molecule has 0 saturated carbocycles. The number of ether oxygens (including phenoxy) is 1. The topological polar surface area (TPSA) is 111 Å². The van der Waals surface area contributed by atoms with Gasteiger partial charge in [0.2, 0.25) is 17.7 Å². The van der Waals surface area contributed by atoms with Crippen LogP contribution in [0, 0.1) is 11.8 Å². The maximum Gasteiger partial charge on any atom is 0.244 e. The molecule has 0 radical (unpaired) electrons. The van der Waals surface area contributed by atoms with Gasteiger partial charge in [-0.05, 0) is 25.0 Å². The summed E-state index contributed by atoms with van der Waals surface area (Å²) in [4.78, 5) is 44.1. The predicted octanol–water partition coefficient (Wildman–Crippen LogP) is 0.157. The van der Waals surface area contributed by atoms with E-state index in [9.17, 15) is 19.5 Å². The minimum absolute atomic E-state index is 0.0117. The Labute approximate surface area is 203 Å². The van der Waals surface area contributed by atoms with Crippen molar-refractivity contribution in [1.82, 2.24) is 15.1 Å². The number of para-hydroxylation sites is 1. The molecule has 0 aromatic heterocycles. The molecule has 5 atom stereocenters. The number of carbonyl (C=O) groups excluding carboxylic acids is 3. The van der Waals surface area contributed by atoms with Gasteiger partial charge in [0.15, 0.2) is 0 Å². The fourth-order valence-corrected chi connectivity index (χ4v) is 8.33. The third-order valence-electron chi connectivity index (χ3n) is 7.56. The van der Waals surface area contributed by atoms with Gasteiger partial charge in [-0.15, -0.1) is 11.8 Å². The first-order chi connectivity index (χ1) is 16.5. The van der Waals surface area contributed by atoms with E-state index in [-0.39, 0.29) is 36.1 Å². The number of nitrogens with one attached hydrogen (secondary N) is 2. The maximum absolute atomic E-state index is 13.6. The fraction of sp³-hybridized carbons (Fsp3) is 0.625. The highest BCUT2D eigenvalue weighted by molar-refractivity contribution is 8.02. The molecule has 2 bridgehead atoms. The van der Waals surface area contributed by atoms with E-state index < -0.39 is 22.6 Å². The number of rotatable bonds is 8. The Morgan fingerprint density at radius 3 is 2.65 bits per heavy atom. The minimum atomic E-state index is -0.675. The number of aliphatic hydroxyl groups excluding tert-OH is 1. The van der Waals surface area contributed by atoms with Crippen LogP contribution < -0.4 is 10.6 Å². The van der Waals surface area contributed by atoms with Crippen molar-refractivity contribution in [3.63, 3.8) is 0 Å². The zero-order chi connectivity index (χ0) is 23.7. The van der Waals surface area contributed by atoms with Crippen LogP contribution in [0.2, 0.25) is 0 Å². The van der Waals surface area contributed by atoms with Gasteiger partial charge in [-0.25, -0.2) is 0 Å². The normalized spacial score (nSPS) is 32.6. The molecule has 10 heteroatoms. The van der Waals surface area contributed by atoms with E-state index in [1.807, 2.05) is 30.3 Å². The summed E-state index contributed by atoms with van der Waals surface area (Å²) in [7, 11) is 0. The molecule has 9 nitrogen and oxygen atoms in total.